The van der Waals surface area contributed by atoms with Gasteiger partial charge in [-0.1, -0.05) is 41.0 Å². The van der Waals surface area contributed by atoms with Crippen LogP contribution in [0.1, 0.15) is 66.7 Å². The molecule has 0 bridgehead atoms. The summed E-state index contributed by atoms with van der Waals surface area (Å²) in [5.74, 6) is 1.42. The highest BCUT2D eigenvalue weighted by molar-refractivity contribution is 7.92. The number of sulfone groups is 1. The largest absolute Gasteiger partial charge is 0.330 e. The monoisotopic (exact) mass is 317 g/mol. The lowest BCUT2D eigenvalue weighted by molar-refractivity contribution is 0.132. The van der Waals surface area contributed by atoms with Crippen molar-refractivity contribution in [2.45, 2.75) is 72.0 Å². The summed E-state index contributed by atoms with van der Waals surface area (Å²) in [6.45, 7) is 11.4. The lowest BCUT2D eigenvalue weighted by Crippen LogP contribution is -2.44. The third-order valence-corrected chi connectivity index (χ3v) is 7.99. The smallest absolute Gasteiger partial charge is 0.153 e. The number of nitrogens with two attached hydrogens (primary N) is 1. The number of hydrogen-bond donors (Lipinski definition) is 1. The van der Waals surface area contributed by atoms with E-state index in [4.69, 9.17) is 5.73 Å². The average Bonchev–Trinajstić information content (AvgIpc) is 2.44. The molecule has 0 heterocycles. The first-order valence-corrected chi connectivity index (χ1v) is 10.3. The Morgan fingerprint density at radius 3 is 2.33 bits per heavy atom. The van der Waals surface area contributed by atoms with E-state index >= 15 is 0 Å². The van der Waals surface area contributed by atoms with Gasteiger partial charge in [0.1, 0.15) is 0 Å². The topological polar surface area (TPSA) is 60.2 Å². The lowest BCUT2D eigenvalue weighted by atomic mass is 9.67. The van der Waals surface area contributed by atoms with Gasteiger partial charge in [-0.05, 0) is 55.4 Å². The van der Waals surface area contributed by atoms with E-state index in [1.165, 1.54) is 0 Å². The van der Waals surface area contributed by atoms with Crippen LogP contribution in [0.25, 0.3) is 0 Å². The van der Waals surface area contributed by atoms with Crippen LogP contribution < -0.4 is 5.73 Å². The summed E-state index contributed by atoms with van der Waals surface area (Å²) >= 11 is 0. The molecular weight excluding hydrogens is 282 g/mol. The second-order valence-corrected chi connectivity index (χ2v) is 10.3. The van der Waals surface area contributed by atoms with Crippen molar-refractivity contribution in [1.29, 1.82) is 0 Å². The van der Waals surface area contributed by atoms with Gasteiger partial charge >= 0.3 is 0 Å². The summed E-state index contributed by atoms with van der Waals surface area (Å²) in [6.07, 6.45) is 4.76. The van der Waals surface area contributed by atoms with E-state index in [2.05, 4.69) is 34.6 Å². The van der Waals surface area contributed by atoms with E-state index in [0.29, 0.717) is 24.1 Å². The minimum absolute atomic E-state index is 0.158. The van der Waals surface area contributed by atoms with Crippen LogP contribution >= 0.6 is 0 Å². The van der Waals surface area contributed by atoms with Crippen LogP contribution in [-0.2, 0) is 9.84 Å². The van der Waals surface area contributed by atoms with E-state index < -0.39 is 9.84 Å². The first-order valence-electron chi connectivity index (χ1n) is 8.55. The fourth-order valence-electron chi connectivity index (χ4n) is 3.45. The number of hydrogen-bond acceptors (Lipinski definition) is 3. The maximum atomic E-state index is 12.8. The van der Waals surface area contributed by atoms with Crippen molar-refractivity contribution in [2.24, 2.45) is 28.9 Å². The molecule has 126 valence electrons. The maximum Gasteiger partial charge on any atom is 0.153 e. The minimum Gasteiger partial charge on any atom is -0.330 e. The maximum absolute atomic E-state index is 12.8. The zero-order valence-electron chi connectivity index (χ0n) is 14.6. The van der Waals surface area contributed by atoms with E-state index in [1.54, 1.807) is 0 Å². The summed E-state index contributed by atoms with van der Waals surface area (Å²) in [7, 11) is -3.02. The van der Waals surface area contributed by atoms with E-state index in [9.17, 15) is 8.42 Å². The van der Waals surface area contributed by atoms with Crippen LogP contribution in [0.15, 0.2) is 0 Å². The standard InChI is InChI=1S/C17H35NO2S/c1-6-17(4,5)15-8-7-14(12-18)16(11-15)21(19,20)10-9-13(2)3/h13-16H,6-12,18H2,1-5H3. The minimum atomic E-state index is -3.02. The molecule has 0 saturated heterocycles. The Morgan fingerprint density at radius 2 is 1.86 bits per heavy atom. The first-order chi connectivity index (χ1) is 9.64. The predicted molar refractivity (Wildman–Crippen MR) is 91.0 cm³/mol. The zero-order chi connectivity index (χ0) is 16.3. The van der Waals surface area contributed by atoms with Gasteiger partial charge in [0.15, 0.2) is 9.84 Å². The van der Waals surface area contributed by atoms with Crippen molar-refractivity contribution in [3.05, 3.63) is 0 Å². The van der Waals surface area contributed by atoms with Crippen LogP contribution in [0.3, 0.4) is 0 Å². The van der Waals surface area contributed by atoms with E-state index in [-0.39, 0.29) is 16.6 Å². The van der Waals surface area contributed by atoms with Crippen molar-refractivity contribution < 1.29 is 8.42 Å². The Balaban J connectivity index is 2.88. The molecule has 0 aromatic heterocycles. The highest BCUT2D eigenvalue weighted by Gasteiger charge is 2.42. The Labute approximate surface area is 132 Å². The van der Waals surface area contributed by atoms with Crippen LogP contribution in [0, 0.1) is 23.2 Å². The van der Waals surface area contributed by atoms with Crippen molar-refractivity contribution in [2.75, 3.05) is 12.3 Å². The van der Waals surface area contributed by atoms with Crippen LogP contribution in [0.5, 0.6) is 0 Å². The summed E-state index contributed by atoms with van der Waals surface area (Å²) < 4.78 is 25.5. The fourth-order valence-corrected chi connectivity index (χ4v) is 5.91. The van der Waals surface area contributed by atoms with Gasteiger partial charge in [0.2, 0.25) is 0 Å². The van der Waals surface area contributed by atoms with Gasteiger partial charge in [-0.25, -0.2) is 8.42 Å². The molecule has 0 aliphatic heterocycles. The predicted octanol–water partition coefficient (Wildman–Crippen LogP) is 3.63. The Kier molecular flexibility index (Phi) is 6.73. The molecule has 0 spiro atoms. The van der Waals surface area contributed by atoms with Gasteiger partial charge in [-0.15, -0.1) is 0 Å². The summed E-state index contributed by atoms with van der Waals surface area (Å²) in [5.41, 5.74) is 6.10. The number of rotatable bonds is 7. The SMILES string of the molecule is CCC(C)(C)C1CCC(CN)C(S(=O)(=O)CCC(C)C)C1. The molecule has 2 N–H and O–H groups in total. The Morgan fingerprint density at radius 1 is 1.24 bits per heavy atom. The summed E-state index contributed by atoms with van der Waals surface area (Å²) in [6, 6.07) is 0. The van der Waals surface area contributed by atoms with Gasteiger partial charge < -0.3 is 5.73 Å². The molecule has 0 amide bonds. The summed E-state index contributed by atoms with van der Waals surface area (Å²) in [4.78, 5) is 0. The first kappa shape index (κ1) is 19.0. The highest BCUT2D eigenvalue weighted by Crippen LogP contribution is 2.44. The molecule has 1 saturated carbocycles. The third kappa shape index (κ3) is 4.95. The highest BCUT2D eigenvalue weighted by atomic mass is 32.2. The Bertz CT molecular complexity index is 415. The molecule has 1 aliphatic rings. The van der Waals surface area contributed by atoms with Gasteiger partial charge in [0.25, 0.3) is 0 Å². The second kappa shape index (κ2) is 7.45. The molecule has 0 aromatic carbocycles. The molecule has 21 heavy (non-hydrogen) atoms. The molecule has 0 radical (unpaired) electrons. The molecular formula is C17H35NO2S. The lowest BCUT2D eigenvalue weighted by Gasteiger charge is -2.42. The second-order valence-electron chi connectivity index (χ2n) is 7.94. The van der Waals surface area contributed by atoms with Crippen LogP contribution in [0.2, 0.25) is 0 Å². The van der Waals surface area contributed by atoms with Crippen molar-refractivity contribution in [1.82, 2.24) is 0 Å². The zero-order valence-corrected chi connectivity index (χ0v) is 15.4. The molecule has 0 aromatic rings. The van der Waals surface area contributed by atoms with Crippen molar-refractivity contribution >= 4 is 9.84 Å². The Hall–Kier alpha value is -0.0900. The molecule has 4 heteroatoms. The molecule has 3 unspecified atom stereocenters. The normalized spacial score (nSPS) is 28.0. The van der Waals surface area contributed by atoms with Crippen molar-refractivity contribution in [3.63, 3.8) is 0 Å². The van der Waals surface area contributed by atoms with Gasteiger partial charge in [0.05, 0.1) is 11.0 Å². The van der Waals surface area contributed by atoms with Gasteiger partial charge in [0, 0.05) is 0 Å². The quantitative estimate of drug-likeness (QED) is 0.780. The van der Waals surface area contributed by atoms with Gasteiger partial charge in [-0.3, -0.25) is 0 Å². The molecule has 3 atom stereocenters. The van der Waals surface area contributed by atoms with E-state index in [0.717, 1.165) is 32.1 Å². The molecule has 3 nitrogen and oxygen atoms in total. The average molecular weight is 318 g/mol. The fraction of sp³-hybridized carbons (Fsp3) is 1.00. The molecule has 1 aliphatic carbocycles. The van der Waals surface area contributed by atoms with E-state index in [1.807, 2.05) is 0 Å². The van der Waals surface area contributed by atoms with Gasteiger partial charge in [-0.2, -0.15) is 0 Å². The molecule has 1 rings (SSSR count). The molecule has 1 fully saturated rings. The third-order valence-electron chi connectivity index (χ3n) is 5.69. The van der Waals surface area contributed by atoms with Crippen LogP contribution in [-0.4, -0.2) is 26.0 Å². The van der Waals surface area contributed by atoms with Crippen LogP contribution in [0.4, 0.5) is 0 Å². The summed E-state index contributed by atoms with van der Waals surface area (Å²) in [5, 5.41) is -0.217. The van der Waals surface area contributed by atoms with Crippen molar-refractivity contribution in [3.8, 4) is 0 Å².